The van der Waals surface area contributed by atoms with E-state index < -0.39 is 5.97 Å². The normalized spacial score (nSPS) is 34.1. The van der Waals surface area contributed by atoms with Gasteiger partial charge in [0.15, 0.2) is 0 Å². The van der Waals surface area contributed by atoms with Crippen molar-refractivity contribution in [3.8, 4) is 0 Å². The van der Waals surface area contributed by atoms with Crippen LogP contribution in [-0.4, -0.2) is 32.8 Å². The first kappa shape index (κ1) is 12.9. The smallest absolute Gasteiger partial charge is 0.306 e. The summed E-state index contributed by atoms with van der Waals surface area (Å²) >= 11 is 0. The molecule has 0 unspecified atom stereocenters. The molecule has 1 aromatic heterocycles. The molecule has 0 saturated heterocycles. The van der Waals surface area contributed by atoms with Gasteiger partial charge in [0.1, 0.15) is 0 Å². The van der Waals surface area contributed by atoms with Crippen LogP contribution < -0.4 is 5.32 Å². The minimum Gasteiger partial charge on any atom is -0.481 e. The largest absolute Gasteiger partial charge is 0.481 e. The van der Waals surface area contributed by atoms with Crippen molar-refractivity contribution in [2.45, 2.75) is 44.2 Å². The number of rotatable bonds is 5. The van der Waals surface area contributed by atoms with Crippen molar-refractivity contribution in [1.29, 1.82) is 0 Å². The molecule has 6 nitrogen and oxygen atoms in total. The maximum Gasteiger partial charge on any atom is 0.306 e. The van der Waals surface area contributed by atoms with Crippen LogP contribution in [0.3, 0.4) is 0 Å². The van der Waals surface area contributed by atoms with Crippen LogP contribution in [0.2, 0.25) is 0 Å². The van der Waals surface area contributed by atoms with Crippen LogP contribution in [0.5, 0.6) is 0 Å². The van der Waals surface area contributed by atoms with Gasteiger partial charge in [-0.2, -0.15) is 5.10 Å². The van der Waals surface area contributed by atoms with Gasteiger partial charge in [-0.25, -0.2) is 0 Å². The van der Waals surface area contributed by atoms with Crippen molar-refractivity contribution >= 4 is 11.9 Å². The molecule has 1 heterocycles. The number of hydrogen-bond donors (Lipinski definition) is 2. The predicted octanol–water partition coefficient (Wildman–Crippen LogP) is 1.45. The molecule has 0 aromatic carbocycles. The molecule has 6 heteroatoms. The second kappa shape index (κ2) is 4.58. The molecule has 3 saturated carbocycles. The van der Waals surface area contributed by atoms with Crippen LogP contribution in [0.25, 0.3) is 0 Å². The van der Waals surface area contributed by atoms with Crippen LogP contribution in [0, 0.1) is 17.8 Å². The number of carboxylic acids is 1. The molecule has 4 atom stereocenters. The molecule has 0 bridgehead atoms. The third-order valence-electron chi connectivity index (χ3n) is 5.18. The lowest BCUT2D eigenvalue weighted by molar-refractivity contribution is -0.138. The molecule has 0 spiro atoms. The average molecular weight is 289 g/mol. The summed E-state index contributed by atoms with van der Waals surface area (Å²) in [6.45, 7) is 0. The number of carboxylic acid groups (broad SMARTS) is 1. The van der Waals surface area contributed by atoms with Gasteiger partial charge >= 0.3 is 5.97 Å². The van der Waals surface area contributed by atoms with Gasteiger partial charge in [0, 0.05) is 12.2 Å². The Morgan fingerprint density at radius 1 is 1.29 bits per heavy atom. The number of carbonyl (C=O) groups is 2. The van der Waals surface area contributed by atoms with Crippen LogP contribution >= 0.6 is 0 Å². The average Bonchev–Trinajstić information content (AvgIpc) is 3.25. The molecule has 1 aromatic rings. The lowest BCUT2D eigenvalue weighted by Gasteiger charge is -2.25. The first-order valence-electron chi connectivity index (χ1n) is 7.71. The molecule has 4 rings (SSSR count). The van der Waals surface area contributed by atoms with Gasteiger partial charge in [0.25, 0.3) is 5.91 Å². The van der Waals surface area contributed by atoms with Crippen LogP contribution in [0.4, 0.5) is 0 Å². The van der Waals surface area contributed by atoms with Gasteiger partial charge in [0.05, 0.1) is 23.7 Å². The highest BCUT2D eigenvalue weighted by molar-refractivity contribution is 5.94. The van der Waals surface area contributed by atoms with Crippen LogP contribution in [0.15, 0.2) is 12.4 Å². The van der Waals surface area contributed by atoms with Gasteiger partial charge in [0.2, 0.25) is 0 Å². The zero-order valence-corrected chi connectivity index (χ0v) is 11.7. The molecule has 1 amide bonds. The summed E-state index contributed by atoms with van der Waals surface area (Å²) in [5.74, 6) is -0.333. The third-order valence-corrected chi connectivity index (χ3v) is 5.18. The minimum absolute atomic E-state index is 0.0828. The Morgan fingerprint density at radius 3 is 2.71 bits per heavy atom. The molecule has 0 aliphatic heterocycles. The van der Waals surface area contributed by atoms with Crippen molar-refractivity contribution in [3.63, 3.8) is 0 Å². The summed E-state index contributed by atoms with van der Waals surface area (Å²) in [7, 11) is 0. The second-order valence-corrected chi connectivity index (χ2v) is 6.62. The first-order chi connectivity index (χ1) is 10.1. The number of aromatic nitrogens is 2. The number of nitrogens with zero attached hydrogens (tertiary/aromatic N) is 2. The molecule has 3 fully saturated rings. The number of nitrogens with one attached hydrogen (secondary N) is 1. The Bertz CT molecular complexity index is 593. The molecule has 3 aliphatic carbocycles. The van der Waals surface area contributed by atoms with E-state index in [1.165, 1.54) is 6.42 Å². The quantitative estimate of drug-likeness (QED) is 0.859. The van der Waals surface area contributed by atoms with Crippen molar-refractivity contribution in [2.24, 2.45) is 17.8 Å². The van der Waals surface area contributed by atoms with E-state index >= 15 is 0 Å². The van der Waals surface area contributed by atoms with E-state index in [9.17, 15) is 9.59 Å². The Hall–Kier alpha value is -1.85. The highest BCUT2D eigenvalue weighted by Gasteiger charge is 2.56. The predicted molar refractivity (Wildman–Crippen MR) is 73.7 cm³/mol. The van der Waals surface area contributed by atoms with E-state index in [1.54, 1.807) is 6.20 Å². The summed E-state index contributed by atoms with van der Waals surface area (Å²) in [5, 5.41) is 16.2. The summed E-state index contributed by atoms with van der Waals surface area (Å²) in [6, 6.07) is 0.613. The van der Waals surface area contributed by atoms with Gasteiger partial charge in [-0.1, -0.05) is 0 Å². The zero-order chi connectivity index (χ0) is 14.6. The number of carbonyl (C=O) groups excluding carboxylic acids is 1. The first-order valence-corrected chi connectivity index (χ1v) is 7.71. The van der Waals surface area contributed by atoms with Gasteiger partial charge in [-0.15, -0.1) is 0 Å². The number of amides is 1. The molecule has 112 valence electrons. The fourth-order valence-corrected chi connectivity index (χ4v) is 3.38. The van der Waals surface area contributed by atoms with Crippen molar-refractivity contribution in [2.75, 3.05) is 0 Å². The fourth-order valence-electron chi connectivity index (χ4n) is 3.38. The second-order valence-electron chi connectivity index (χ2n) is 6.62. The molecule has 21 heavy (non-hydrogen) atoms. The zero-order valence-electron chi connectivity index (χ0n) is 11.7. The molecular formula is C15H19N3O3. The Balaban J connectivity index is 1.31. The van der Waals surface area contributed by atoms with Crippen LogP contribution in [0.1, 0.15) is 48.5 Å². The maximum atomic E-state index is 12.2. The third kappa shape index (κ3) is 2.32. The van der Waals surface area contributed by atoms with Crippen molar-refractivity contribution in [3.05, 3.63) is 18.0 Å². The highest BCUT2D eigenvalue weighted by atomic mass is 16.4. The van der Waals surface area contributed by atoms with E-state index in [2.05, 4.69) is 10.4 Å². The summed E-state index contributed by atoms with van der Waals surface area (Å²) in [6.07, 6.45) is 8.66. The van der Waals surface area contributed by atoms with E-state index in [0.717, 1.165) is 25.7 Å². The van der Waals surface area contributed by atoms with Gasteiger partial charge < -0.3 is 10.4 Å². The monoisotopic (exact) mass is 289 g/mol. The SMILES string of the molecule is O=C(N[C@H]1C[C@H]1[C@H]1C[C@H]1C(=O)O)c1cnn(C2CCC2)c1. The standard InChI is InChI=1S/C15H19N3O3/c19-14(8-6-16-18(7-8)9-2-1-3-9)17-13-5-11(13)10-4-12(10)15(20)21/h6-7,9-13H,1-5H2,(H,17,19)(H,20,21)/t10-,11+,12-,13+/m1/s1. The summed E-state index contributed by atoms with van der Waals surface area (Å²) in [4.78, 5) is 23.0. The van der Waals surface area contributed by atoms with E-state index in [-0.39, 0.29) is 23.8 Å². The summed E-state index contributed by atoms with van der Waals surface area (Å²) in [5.41, 5.74) is 0.609. The highest BCUT2D eigenvalue weighted by Crippen LogP contribution is 2.54. The molecule has 2 N–H and O–H groups in total. The Kier molecular flexibility index (Phi) is 2.80. The van der Waals surface area contributed by atoms with Crippen molar-refractivity contribution in [1.82, 2.24) is 15.1 Å². The van der Waals surface area contributed by atoms with E-state index in [1.807, 2.05) is 10.9 Å². The molecular weight excluding hydrogens is 270 g/mol. The fraction of sp³-hybridized carbons (Fsp3) is 0.667. The van der Waals surface area contributed by atoms with Gasteiger partial charge in [-0.3, -0.25) is 14.3 Å². The van der Waals surface area contributed by atoms with E-state index in [0.29, 0.717) is 17.5 Å². The van der Waals surface area contributed by atoms with Gasteiger partial charge in [-0.05, 0) is 43.9 Å². The minimum atomic E-state index is -0.696. The Labute approximate surface area is 122 Å². The van der Waals surface area contributed by atoms with E-state index in [4.69, 9.17) is 5.11 Å². The van der Waals surface area contributed by atoms with Crippen molar-refractivity contribution < 1.29 is 14.7 Å². The van der Waals surface area contributed by atoms with Crippen LogP contribution in [-0.2, 0) is 4.79 Å². The molecule has 3 aliphatic rings. The number of hydrogen-bond acceptors (Lipinski definition) is 3. The lowest BCUT2D eigenvalue weighted by atomic mass is 9.93. The number of aliphatic carboxylic acids is 1. The summed E-state index contributed by atoms with van der Waals surface area (Å²) < 4.78 is 1.89. The topological polar surface area (TPSA) is 84.2 Å². The maximum absolute atomic E-state index is 12.2. The molecule has 0 radical (unpaired) electrons. The lowest BCUT2D eigenvalue weighted by Crippen LogP contribution is -2.27. The Morgan fingerprint density at radius 2 is 2.10 bits per heavy atom.